The number of nitro benzene ring substituents is 1. The molecule has 1 aromatic carbocycles. The standard InChI is InChI=1S/C14H16IN3O3/c15-12-2-1-10(18(20)21)7-11(12)14(19)16-13-8-17-5-3-9(13)4-6-17/h1-2,7,9,13H,3-6,8H2,(H,16,19). The van der Waals surface area contributed by atoms with Gasteiger partial charge < -0.3 is 10.2 Å². The highest BCUT2D eigenvalue weighted by Crippen LogP contribution is 2.28. The topological polar surface area (TPSA) is 75.5 Å². The summed E-state index contributed by atoms with van der Waals surface area (Å²) in [4.78, 5) is 25.2. The second kappa shape index (κ2) is 5.88. The van der Waals surface area contributed by atoms with E-state index in [0.29, 0.717) is 11.5 Å². The zero-order valence-electron chi connectivity index (χ0n) is 11.4. The van der Waals surface area contributed by atoms with Crippen molar-refractivity contribution >= 4 is 34.2 Å². The quantitative estimate of drug-likeness (QED) is 0.478. The Hall–Kier alpha value is -1.22. The summed E-state index contributed by atoms with van der Waals surface area (Å²) in [7, 11) is 0. The van der Waals surface area contributed by atoms with E-state index in [-0.39, 0.29) is 17.6 Å². The van der Waals surface area contributed by atoms with Crippen molar-refractivity contribution in [3.05, 3.63) is 37.4 Å². The molecule has 0 aliphatic carbocycles. The number of non-ortho nitro benzene ring substituents is 1. The van der Waals surface area contributed by atoms with E-state index in [0.717, 1.165) is 36.0 Å². The van der Waals surface area contributed by atoms with Crippen LogP contribution in [0.2, 0.25) is 0 Å². The molecule has 7 heteroatoms. The van der Waals surface area contributed by atoms with Gasteiger partial charge in [-0.1, -0.05) is 0 Å². The zero-order chi connectivity index (χ0) is 15.0. The van der Waals surface area contributed by atoms with Crippen molar-refractivity contribution in [1.29, 1.82) is 0 Å². The molecule has 1 atom stereocenters. The van der Waals surface area contributed by atoms with Gasteiger partial charge in [0, 0.05) is 28.3 Å². The van der Waals surface area contributed by atoms with Crippen LogP contribution in [-0.4, -0.2) is 41.4 Å². The van der Waals surface area contributed by atoms with E-state index in [2.05, 4.69) is 10.2 Å². The summed E-state index contributed by atoms with van der Waals surface area (Å²) >= 11 is 2.04. The van der Waals surface area contributed by atoms with Gasteiger partial charge in [0.1, 0.15) is 0 Å². The molecule has 2 bridgehead atoms. The molecule has 4 rings (SSSR count). The fourth-order valence-electron chi connectivity index (χ4n) is 3.18. The molecule has 3 saturated heterocycles. The molecule has 21 heavy (non-hydrogen) atoms. The van der Waals surface area contributed by atoms with Gasteiger partial charge >= 0.3 is 0 Å². The van der Waals surface area contributed by atoms with Crippen molar-refractivity contribution < 1.29 is 9.72 Å². The third kappa shape index (κ3) is 3.03. The number of carbonyl (C=O) groups excluding carboxylic acids is 1. The summed E-state index contributed by atoms with van der Waals surface area (Å²) in [6.45, 7) is 3.12. The minimum absolute atomic E-state index is 0.0468. The molecule has 3 fully saturated rings. The Morgan fingerprint density at radius 2 is 2.10 bits per heavy atom. The van der Waals surface area contributed by atoms with Gasteiger partial charge in [-0.15, -0.1) is 0 Å². The summed E-state index contributed by atoms with van der Waals surface area (Å²) in [5.41, 5.74) is 0.343. The summed E-state index contributed by atoms with van der Waals surface area (Å²) in [5.74, 6) is 0.331. The zero-order valence-corrected chi connectivity index (χ0v) is 13.6. The lowest BCUT2D eigenvalue weighted by atomic mass is 9.84. The number of carbonyl (C=O) groups is 1. The molecule has 0 spiro atoms. The Morgan fingerprint density at radius 3 is 2.67 bits per heavy atom. The molecule has 6 nitrogen and oxygen atoms in total. The first-order valence-electron chi connectivity index (χ1n) is 7.02. The lowest BCUT2D eigenvalue weighted by Crippen LogP contribution is -2.57. The maximum Gasteiger partial charge on any atom is 0.270 e. The third-order valence-electron chi connectivity index (χ3n) is 4.38. The number of halogens is 1. The number of nitrogens with one attached hydrogen (secondary N) is 1. The third-order valence-corrected chi connectivity index (χ3v) is 5.32. The number of benzene rings is 1. The predicted octanol–water partition coefficient (Wildman–Crippen LogP) is 2.02. The summed E-state index contributed by atoms with van der Waals surface area (Å²) in [6, 6.07) is 4.56. The largest absolute Gasteiger partial charge is 0.348 e. The van der Waals surface area contributed by atoms with Crippen molar-refractivity contribution in [3.63, 3.8) is 0 Å². The van der Waals surface area contributed by atoms with E-state index < -0.39 is 4.92 Å². The fourth-order valence-corrected chi connectivity index (χ4v) is 3.76. The monoisotopic (exact) mass is 401 g/mol. The number of hydrogen-bond acceptors (Lipinski definition) is 4. The van der Waals surface area contributed by atoms with Crippen LogP contribution in [0.3, 0.4) is 0 Å². The van der Waals surface area contributed by atoms with Gasteiger partial charge in [0.15, 0.2) is 0 Å². The van der Waals surface area contributed by atoms with Crippen molar-refractivity contribution in [2.45, 2.75) is 18.9 Å². The van der Waals surface area contributed by atoms with E-state index in [1.165, 1.54) is 12.1 Å². The summed E-state index contributed by atoms with van der Waals surface area (Å²) in [6.07, 6.45) is 2.24. The van der Waals surface area contributed by atoms with Crippen LogP contribution in [0.15, 0.2) is 18.2 Å². The van der Waals surface area contributed by atoms with Crippen LogP contribution in [0.25, 0.3) is 0 Å². The maximum absolute atomic E-state index is 12.4. The number of nitro groups is 1. The SMILES string of the molecule is O=C(NC1CN2CCC1CC2)c1cc([N+](=O)[O-])ccc1I. The molecule has 3 aliphatic rings. The van der Waals surface area contributed by atoms with E-state index in [1.807, 2.05) is 22.6 Å². The van der Waals surface area contributed by atoms with Crippen LogP contribution in [-0.2, 0) is 0 Å². The number of rotatable bonds is 3. The number of amides is 1. The average molecular weight is 401 g/mol. The second-order valence-corrected chi connectivity index (χ2v) is 6.80. The van der Waals surface area contributed by atoms with Gasteiger partial charge in [0.25, 0.3) is 11.6 Å². The summed E-state index contributed by atoms with van der Waals surface area (Å²) in [5, 5.41) is 13.9. The number of piperidine rings is 3. The van der Waals surface area contributed by atoms with Crippen molar-refractivity contribution in [2.75, 3.05) is 19.6 Å². The van der Waals surface area contributed by atoms with E-state index in [4.69, 9.17) is 0 Å². The molecular formula is C14H16IN3O3. The molecule has 0 aromatic heterocycles. The first-order valence-corrected chi connectivity index (χ1v) is 8.09. The van der Waals surface area contributed by atoms with E-state index in [1.54, 1.807) is 6.07 Å². The molecule has 1 aromatic rings. The van der Waals surface area contributed by atoms with Gasteiger partial charge in [0.05, 0.1) is 10.5 Å². The molecule has 0 saturated carbocycles. The Kier molecular flexibility index (Phi) is 4.12. The van der Waals surface area contributed by atoms with E-state index >= 15 is 0 Å². The van der Waals surface area contributed by atoms with Crippen LogP contribution in [0, 0.1) is 19.6 Å². The number of fused-ring (bicyclic) bond motifs is 3. The highest BCUT2D eigenvalue weighted by molar-refractivity contribution is 14.1. The van der Waals surface area contributed by atoms with Crippen molar-refractivity contribution in [3.8, 4) is 0 Å². The molecule has 1 amide bonds. The number of hydrogen-bond donors (Lipinski definition) is 1. The van der Waals surface area contributed by atoms with Crippen LogP contribution in [0.4, 0.5) is 5.69 Å². The van der Waals surface area contributed by atoms with Crippen molar-refractivity contribution in [1.82, 2.24) is 10.2 Å². The molecular weight excluding hydrogens is 385 g/mol. The van der Waals surface area contributed by atoms with Gasteiger partial charge in [-0.3, -0.25) is 14.9 Å². The first kappa shape index (κ1) is 14.7. The highest BCUT2D eigenvalue weighted by Gasteiger charge is 2.35. The molecule has 3 aliphatic heterocycles. The maximum atomic E-state index is 12.4. The Labute approximate surface area is 136 Å². The van der Waals surface area contributed by atoms with Crippen LogP contribution in [0.5, 0.6) is 0 Å². The Bertz CT molecular complexity index is 585. The van der Waals surface area contributed by atoms with Crippen LogP contribution in [0.1, 0.15) is 23.2 Å². The molecule has 112 valence electrons. The molecule has 1 N–H and O–H groups in total. The van der Waals surface area contributed by atoms with Crippen molar-refractivity contribution in [2.24, 2.45) is 5.92 Å². The first-order chi connectivity index (χ1) is 10.0. The van der Waals surface area contributed by atoms with Gasteiger partial charge in [-0.05, 0) is 60.5 Å². The lowest BCUT2D eigenvalue weighted by Gasteiger charge is -2.44. The number of nitrogens with zero attached hydrogens (tertiary/aromatic N) is 2. The summed E-state index contributed by atoms with van der Waals surface area (Å²) < 4.78 is 0.733. The minimum atomic E-state index is -0.471. The van der Waals surface area contributed by atoms with Crippen LogP contribution >= 0.6 is 22.6 Å². The van der Waals surface area contributed by atoms with Crippen LogP contribution < -0.4 is 5.32 Å². The lowest BCUT2D eigenvalue weighted by molar-refractivity contribution is -0.384. The minimum Gasteiger partial charge on any atom is -0.348 e. The van der Waals surface area contributed by atoms with E-state index in [9.17, 15) is 14.9 Å². The second-order valence-electron chi connectivity index (χ2n) is 5.64. The average Bonchev–Trinajstić information content (AvgIpc) is 2.48. The molecule has 1 unspecified atom stereocenters. The normalized spacial score (nSPS) is 27.4. The smallest absolute Gasteiger partial charge is 0.270 e. The fraction of sp³-hybridized carbons (Fsp3) is 0.500. The van der Waals surface area contributed by atoms with Gasteiger partial charge in [0.2, 0.25) is 0 Å². The van der Waals surface area contributed by atoms with Gasteiger partial charge in [-0.2, -0.15) is 0 Å². The Balaban J connectivity index is 1.76. The molecule has 0 radical (unpaired) electrons. The highest BCUT2D eigenvalue weighted by atomic mass is 127. The Morgan fingerprint density at radius 1 is 1.38 bits per heavy atom. The predicted molar refractivity (Wildman–Crippen MR) is 86.2 cm³/mol. The van der Waals surface area contributed by atoms with Gasteiger partial charge in [-0.25, -0.2) is 0 Å². The molecule has 3 heterocycles.